The highest BCUT2D eigenvalue weighted by Gasteiger charge is 2.47. The molecule has 22 heavy (non-hydrogen) atoms. The maximum absolute atomic E-state index is 12.6. The number of benzene rings is 1. The molecule has 2 aliphatic rings. The van der Waals surface area contributed by atoms with E-state index in [-0.39, 0.29) is 16.5 Å². The van der Waals surface area contributed by atoms with Crippen molar-refractivity contribution in [1.82, 2.24) is 5.32 Å². The molecule has 1 aliphatic carbocycles. The number of Topliss-reactive ketones (excluding diaryl/α,β-unsaturated/α-hetero) is 1. The molecule has 2 fully saturated rings. The zero-order valence-corrected chi connectivity index (χ0v) is 12.7. The zero-order valence-electron chi connectivity index (χ0n) is 12.7. The highest BCUT2D eigenvalue weighted by Crippen LogP contribution is 2.40. The molecule has 0 bridgehead atoms. The van der Waals surface area contributed by atoms with Gasteiger partial charge in [-0.3, -0.25) is 14.9 Å². The second kappa shape index (κ2) is 5.68. The summed E-state index contributed by atoms with van der Waals surface area (Å²) in [5.41, 5.74) is 0.808. The lowest BCUT2D eigenvalue weighted by Crippen LogP contribution is -2.41. The van der Waals surface area contributed by atoms with E-state index in [1.165, 1.54) is 0 Å². The Morgan fingerprint density at radius 2 is 2.27 bits per heavy atom. The van der Waals surface area contributed by atoms with E-state index in [1.54, 1.807) is 25.1 Å². The lowest BCUT2D eigenvalue weighted by molar-refractivity contribution is -0.384. The number of para-hydroxylation sites is 1. The van der Waals surface area contributed by atoms with Crippen molar-refractivity contribution in [3.63, 3.8) is 0 Å². The topological polar surface area (TPSA) is 84.3 Å². The smallest absolute Gasteiger partial charge is 0.295 e. The normalized spacial score (nSPS) is 24.2. The van der Waals surface area contributed by atoms with Gasteiger partial charge in [0.25, 0.3) is 5.69 Å². The third-order valence-corrected chi connectivity index (χ3v) is 4.75. The number of aryl methyl sites for hydroxylation is 1. The van der Waals surface area contributed by atoms with Crippen molar-refractivity contribution >= 4 is 17.2 Å². The molecule has 3 rings (SSSR count). The highest BCUT2D eigenvalue weighted by molar-refractivity contribution is 5.90. The minimum Gasteiger partial charge on any atom is -0.378 e. The summed E-state index contributed by atoms with van der Waals surface area (Å²) < 4.78 is 0. The van der Waals surface area contributed by atoms with Gasteiger partial charge in [-0.05, 0) is 38.8 Å². The number of hydrogen-bond acceptors (Lipinski definition) is 5. The van der Waals surface area contributed by atoms with Crippen molar-refractivity contribution in [2.45, 2.75) is 26.2 Å². The van der Waals surface area contributed by atoms with E-state index in [4.69, 9.17) is 0 Å². The summed E-state index contributed by atoms with van der Waals surface area (Å²) in [6, 6.07) is 5.24. The summed E-state index contributed by atoms with van der Waals surface area (Å²) >= 11 is 0. The number of nitrogens with zero attached hydrogens (tertiary/aromatic N) is 1. The number of ketones is 1. The summed E-state index contributed by atoms with van der Waals surface area (Å²) in [4.78, 5) is 23.5. The van der Waals surface area contributed by atoms with Crippen molar-refractivity contribution in [1.29, 1.82) is 0 Å². The Labute approximate surface area is 129 Å². The molecule has 2 N–H and O–H groups in total. The van der Waals surface area contributed by atoms with Gasteiger partial charge in [-0.2, -0.15) is 0 Å². The second-order valence-corrected chi connectivity index (χ2v) is 6.43. The van der Waals surface area contributed by atoms with Gasteiger partial charge in [0.1, 0.15) is 11.5 Å². The Hall–Kier alpha value is -1.95. The van der Waals surface area contributed by atoms with E-state index >= 15 is 0 Å². The van der Waals surface area contributed by atoms with Crippen LogP contribution in [0.5, 0.6) is 0 Å². The molecule has 0 aromatic heterocycles. The average Bonchev–Trinajstić information content (AvgIpc) is 3.22. The van der Waals surface area contributed by atoms with Gasteiger partial charge in [-0.15, -0.1) is 0 Å². The predicted octanol–water partition coefficient (Wildman–Crippen LogP) is 2.27. The maximum atomic E-state index is 12.6. The monoisotopic (exact) mass is 303 g/mol. The first kappa shape index (κ1) is 15.0. The van der Waals surface area contributed by atoms with Crippen LogP contribution in [0.1, 0.15) is 24.8 Å². The first-order valence-corrected chi connectivity index (χ1v) is 7.76. The summed E-state index contributed by atoms with van der Waals surface area (Å²) in [5, 5.41) is 17.7. The molecule has 1 saturated carbocycles. The Bertz CT molecular complexity index is 605. The van der Waals surface area contributed by atoms with Crippen molar-refractivity contribution in [3.05, 3.63) is 33.9 Å². The number of hydrogen-bond donors (Lipinski definition) is 2. The van der Waals surface area contributed by atoms with Crippen LogP contribution < -0.4 is 10.6 Å². The minimum absolute atomic E-state index is 0.0995. The van der Waals surface area contributed by atoms with E-state index < -0.39 is 5.41 Å². The molecule has 1 heterocycles. The van der Waals surface area contributed by atoms with Crippen LogP contribution in [0, 0.1) is 28.4 Å². The maximum Gasteiger partial charge on any atom is 0.295 e. The number of nitrogens with one attached hydrogen (secondary N) is 2. The van der Waals surface area contributed by atoms with Crippen LogP contribution in [0.4, 0.5) is 11.4 Å². The van der Waals surface area contributed by atoms with Gasteiger partial charge in [0.2, 0.25) is 0 Å². The van der Waals surface area contributed by atoms with E-state index in [9.17, 15) is 14.9 Å². The number of anilines is 1. The van der Waals surface area contributed by atoms with Crippen molar-refractivity contribution in [3.8, 4) is 0 Å². The van der Waals surface area contributed by atoms with Crippen LogP contribution in [0.25, 0.3) is 0 Å². The van der Waals surface area contributed by atoms with Crippen LogP contribution >= 0.6 is 0 Å². The molecule has 1 aromatic carbocycles. The molecule has 1 saturated heterocycles. The standard InChI is InChI=1S/C16H21N3O3/c1-11-3-2-4-13(14(11)19(21)22)18-10-16(7-8-17-9-16)15(20)12-5-6-12/h2-4,12,17-18H,5-10H2,1H3/t16-/m0/s1. The largest absolute Gasteiger partial charge is 0.378 e. The third kappa shape index (κ3) is 2.70. The van der Waals surface area contributed by atoms with Crippen LogP contribution in [0.2, 0.25) is 0 Å². The Kier molecular flexibility index (Phi) is 3.87. The Morgan fingerprint density at radius 1 is 1.50 bits per heavy atom. The van der Waals surface area contributed by atoms with Crippen LogP contribution in [-0.4, -0.2) is 30.3 Å². The van der Waals surface area contributed by atoms with Crippen LogP contribution in [0.3, 0.4) is 0 Å². The van der Waals surface area contributed by atoms with Gasteiger partial charge in [-0.1, -0.05) is 12.1 Å². The number of nitro groups is 1. The van der Waals surface area contributed by atoms with E-state index in [1.807, 2.05) is 0 Å². The van der Waals surface area contributed by atoms with Gasteiger partial charge >= 0.3 is 0 Å². The molecular weight excluding hydrogens is 282 g/mol. The molecule has 1 aliphatic heterocycles. The summed E-state index contributed by atoms with van der Waals surface area (Å²) in [6.45, 7) is 3.68. The van der Waals surface area contributed by atoms with E-state index in [0.717, 1.165) is 25.8 Å². The summed E-state index contributed by atoms with van der Waals surface area (Å²) in [5.74, 6) is 0.523. The van der Waals surface area contributed by atoms with Gasteiger partial charge < -0.3 is 10.6 Å². The Morgan fingerprint density at radius 3 is 2.86 bits per heavy atom. The summed E-state index contributed by atoms with van der Waals surface area (Å²) in [6.07, 6.45) is 2.78. The quantitative estimate of drug-likeness (QED) is 0.622. The fraction of sp³-hybridized carbons (Fsp3) is 0.562. The Balaban J connectivity index is 1.80. The van der Waals surface area contributed by atoms with Gasteiger partial charge in [0.15, 0.2) is 0 Å². The van der Waals surface area contributed by atoms with Gasteiger partial charge in [0, 0.05) is 24.6 Å². The van der Waals surface area contributed by atoms with Crippen molar-refractivity contribution in [2.75, 3.05) is 25.0 Å². The third-order valence-electron chi connectivity index (χ3n) is 4.75. The number of rotatable bonds is 6. The lowest BCUT2D eigenvalue weighted by Gasteiger charge is -2.27. The van der Waals surface area contributed by atoms with E-state index in [0.29, 0.717) is 30.1 Å². The lowest BCUT2D eigenvalue weighted by atomic mass is 9.80. The first-order valence-electron chi connectivity index (χ1n) is 7.76. The molecule has 118 valence electrons. The second-order valence-electron chi connectivity index (χ2n) is 6.43. The number of carbonyl (C=O) groups is 1. The fourth-order valence-corrected chi connectivity index (χ4v) is 3.28. The van der Waals surface area contributed by atoms with Gasteiger partial charge in [0.05, 0.1) is 10.3 Å². The first-order chi connectivity index (χ1) is 10.5. The molecule has 0 amide bonds. The molecule has 1 atom stereocenters. The minimum atomic E-state index is -0.418. The molecule has 6 nitrogen and oxygen atoms in total. The molecule has 1 aromatic rings. The predicted molar refractivity (Wildman–Crippen MR) is 84.0 cm³/mol. The molecule has 0 unspecified atom stereocenters. The fourth-order valence-electron chi connectivity index (χ4n) is 3.28. The number of nitro benzene ring substituents is 1. The van der Waals surface area contributed by atoms with Crippen molar-refractivity contribution < 1.29 is 9.72 Å². The summed E-state index contributed by atoms with van der Waals surface area (Å²) in [7, 11) is 0. The highest BCUT2D eigenvalue weighted by atomic mass is 16.6. The molecule has 6 heteroatoms. The molecular formula is C16H21N3O3. The van der Waals surface area contributed by atoms with Crippen molar-refractivity contribution in [2.24, 2.45) is 11.3 Å². The van der Waals surface area contributed by atoms with Crippen LogP contribution in [0.15, 0.2) is 18.2 Å². The average molecular weight is 303 g/mol. The van der Waals surface area contributed by atoms with Gasteiger partial charge in [-0.25, -0.2) is 0 Å². The SMILES string of the molecule is Cc1cccc(NC[C@]2(C(=O)C3CC3)CCNC2)c1[N+](=O)[O-]. The van der Waals surface area contributed by atoms with Crippen LogP contribution in [-0.2, 0) is 4.79 Å². The van der Waals surface area contributed by atoms with E-state index in [2.05, 4.69) is 10.6 Å². The number of carbonyl (C=O) groups excluding carboxylic acids is 1. The molecule has 0 radical (unpaired) electrons. The zero-order chi connectivity index (χ0) is 15.7. The molecule has 0 spiro atoms.